The summed E-state index contributed by atoms with van der Waals surface area (Å²) in [4.78, 5) is 0.0180. The van der Waals surface area contributed by atoms with Crippen LogP contribution in [0.3, 0.4) is 0 Å². The second-order valence-corrected chi connectivity index (χ2v) is 4.68. The number of hydrogen-bond donors (Lipinski definition) is 2. The van der Waals surface area contributed by atoms with Crippen LogP contribution in [-0.2, 0) is 0 Å². The average molecular weight is 299 g/mol. The van der Waals surface area contributed by atoms with E-state index in [2.05, 4.69) is 5.32 Å². The van der Waals surface area contributed by atoms with Crippen LogP contribution in [-0.4, -0.2) is 4.99 Å². The molecule has 0 saturated carbocycles. The van der Waals surface area contributed by atoms with Crippen molar-refractivity contribution in [2.45, 2.75) is 0 Å². The highest BCUT2D eigenvalue weighted by Crippen LogP contribution is 2.26. The number of nitrogens with one attached hydrogen (secondary N) is 1. The van der Waals surface area contributed by atoms with E-state index < -0.39 is 11.6 Å². The Balaban J connectivity index is 2.43. The largest absolute Gasteiger partial charge is 0.389 e. The first kappa shape index (κ1) is 13.7. The van der Waals surface area contributed by atoms with Crippen molar-refractivity contribution < 1.29 is 8.78 Å². The van der Waals surface area contributed by atoms with Crippen molar-refractivity contribution in [3.8, 4) is 0 Å². The van der Waals surface area contributed by atoms with Crippen LogP contribution < -0.4 is 11.1 Å². The number of hydrogen-bond acceptors (Lipinski definition) is 2. The Kier molecular flexibility index (Phi) is 3.97. The Hall–Kier alpha value is -1.72. The quantitative estimate of drug-likeness (QED) is 0.841. The van der Waals surface area contributed by atoms with Crippen LogP contribution in [0, 0.1) is 11.6 Å². The first-order valence-electron chi connectivity index (χ1n) is 5.29. The molecule has 0 aliphatic heterocycles. The predicted molar refractivity (Wildman–Crippen MR) is 77.0 cm³/mol. The van der Waals surface area contributed by atoms with E-state index in [1.54, 1.807) is 0 Å². The van der Waals surface area contributed by atoms with Gasteiger partial charge in [-0.3, -0.25) is 0 Å². The molecule has 98 valence electrons. The molecule has 0 saturated heterocycles. The van der Waals surface area contributed by atoms with Crippen LogP contribution in [0.25, 0.3) is 0 Å². The zero-order valence-electron chi connectivity index (χ0n) is 9.58. The molecule has 2 rings (SSSR count). The Bertz CT molecular complexity index is 647. The molecule has 0 radical (unpaired) electrons. The Labute approximate surface area is 119 Å². The number of benzene rings is 2. The van der Waals surface area contributed by atoms with E-state index in [4.69, 9.17) is 29.6 Å². The Morgan fingerprint density at radius 2 is 1.84 bits per heavy atom. The second-order valence-electron chi connectivity index (χ2n) is 3.80. The van der Waals surface area contributed by atoms with Crippen LogP contribution in [0.15, 0.2) is 36.4 Å². The predicted octanol–water partition coefficient (Wildman–Crippen LogP) is 4.00. The third-order valence-electron chi connectivity index (χ3n) is 2.44. The molecule has 2 aromatic carbocycles. The molecule has 0 unspecified atom stereocenters. The number of nitrogens with two attached hydrogens (primary N) is 1. The highest BCUT2D eigenvalue weighted by atomic mass is 35.5. The molecule has 0 aliphatic carbocycles. The lowest BCUT2D eigenvalue weighted by atomic mass is 10.1. The van der Waals surface area contributed by atoms with Gasteiger partial charge in [-0.05, 0) is 36.4 Å². The summed E-state index contributed by atoms with van der Waals surface area (Å²) in [6.07, 6.45) is 0. The zero-order chi connectivity index (χ0) is 14.0. The fourth-order valence-electron chi connectivity index (χ4n) is 1.57. The summed E-state index contributed by atoms with van der Waals surface area (Å²) < 4.78 is 26.8. The van der Waals surface area contributed by atoms with Gasteiger partial charge >= 0.3 is 0 Å². The maximum atomic E-state index is 13.6. The molecular formula is C13H9ClF2N2S. The third-order valence-corrected chi connectivity index (χ3v) is 2.90. The van der Waals surface area contributed by atoms with Crippen molar-refractivity contribution in [3.05, 3.63) is 58.6 Å². The fourth-order valence-corrected chi connectivity index (χ4v) is 1.91. The summed E-state index contributed by atoms with van der Waals surface area (Å²) in [5, 5.41) is 3.17. The Morgan fingerprint density at radius 3 is 2.53 bits per heavy atom. The highest BCUT2D eigenvalue weighted by Gasteiger charge is 2.10. The smallest absolute Gasteiger partial charge is 0.146 e. The molecule has 2 aromatic rings. The number of rotatable bonds is 3. The van der Waals surface area contributed by atoms with E-state index in [0.717, 1.165) is 0 Å². The van der Waals surface area contributed by atoms with Gasteiger partial charge in [0.15, 0.2) is 0 Å². The molecule has 3 N–H and O–H groups in total. The average Bonchev–Trinajstić information content (AvgIpc) is 2.35. The molecule has 0 heterocycles. The van der Waals surface area contributed by atoms with Crippen molar-refractivity contribution in [2.75, 3.05) is 5.32 Å². The first-order chi connectivity index (χ1) is 8.97. The van der Waals surface area contributed by atoms with Crippen LogP contribution in [0.2, 0.25) is 5.02 Å². The van der Waals surface area contributed by atoms with Gasteiger partial charge in [-0.25, -0.2) is 8.78 Å². The molecule has 6 heteroatoms. The van der Waals surface area contributed by atoms with Gasteiger partial charge in [-0.15, -0.1) is 0 Å². The molecular weight excluding hydrogens is 290 g/mol. The lowest BCUT2D eigenvalue weighted by molar-refractivity contribution is 0.627. The van der Waals surface area contributed by atoms with Gasteiger partial charge in [0.1, 0.15) is 16.6 Å². The highest BCUT2D eigenvalue weighted by molar-refractivity contribution is 7.80. The number of anilines is 2. The lowest BCUT2D eigenvalue weighted by Crippen LogP contribution is -2.12. The monoisotopic (exact) mass is 298 g/mol. The lowest BCUT2D eigenvalue weighted by Gasteiger charge is -2.12. The van der Waals surface area contributed by atoms with Gasteiger partial charge in [0.2, 0.25) is 0 Å². The number of halogens is 3. The molecule has 0 fully saturated rings. The van der Waals surface area contributed by atoms with Gasteiger partial charge in [-0.2, -0.15) is 0 Å². The van der Waals surface area contributed by atoms with E-state index in [1.807, 2.05) is 0 Å². The minimum absolute atomic E-state index is 0.0180. The van der Waals surface area contributed by atoms with E-state index >= 15 is 0 Å². The van der Waals surface area contributed by atoms with E-state index in [-0.39, 0.29) is 10.7 Å². The summed E-state index contributed by atoms with van der Waals surface area (Å²) in [5.74, 6) is -0.956. The van der Waals surface area contributed by atoms with Crippen LogP contribution in [0.1, 0.15) is 5.56 Å². The van der Waals surface area contributed by atoms with Crippen molar-refractivity contribution in [3.63, 3.8) is 0 Å². The minimum atomic E-state index is -0.484. The van der Waals surface area contributed by atoms with Gasteiger partial charge in [0, 0.05) is 16.3 Å². The van der Waals surface area contributed by atoms with Crippen LogP contribution in [0.4, 0.5) is 20.2 Å². The van der Waals surface area contributed by atoms with Gasteiger partial charge in [-0.1, -0.05) is 23.8 Å². The van der Waals surface area contributed by atoms with Crippen LogP contribution >= 0.6 is 23.8 Å². The van der Waals surface area contributed by atoms with Gasteiger partial charge < -0.3 is 11.1 Å². The molecule has 0 spiro atoms. The molecule has 0 amide bonds. The molecule has 0 aromatic heterocycles. The minimum Gasteiger partial charge on any atom is -0.389 e. The Morgan fingerprint density at radius 1 is 1.11 bits per heavy atom. The van der Waals surface area contributed by atoms with Crippen molar-refractivity contribution in [1.82, 2.24) is 0 Å². The standard InChI is InChI=1S/C13H9ClF2N2S/c14-7-1-3-10(16)12(5-7)18-11-4-2-8(15)6-9(11)13(17)19/h1-6,18H,(H2,17,19). The summed E-state index contributed by atoms with van der Waals surface area (Å²) in [7, 11) is 0. The van der Waals surface area contributed by atoms with Crippen molar-refractivity contribution in [1.29, 1.82) is 0 Å². The van der Waals surface area contributed by atoms with Gasteiger partial charge in [0.25, 0.3) is 0 Å². The van der Waals surface area contributed by atoms with Crippen molar-refractivity contribution in [2.24, 2.45) is 5.73 Å². The number of thiocarbonyl (C=S) groups is 1. The molecule has 0 bridgehead atoms. The summed E-state index contributed by atoms with van der Waals surface area (Å²) in [6.45, 7) is 0. The topological polar surface area (TPSA) is 38.0 Å². The normalized spacial score (nSPS) is 10.3. The first-order valence-corrected chi connectivity index (χ1v) is 6.07. The van der Waals surface area contributed by atoms with E-state index in [0.29, 0.717) is 16.3 Å². The van der Waals surface area contributed by atoms with E-state index in [9.17, 15) is 8.78 Å². The maximum Gasteiger partial charge on any atom is 0.146 e. The maximum absolute atomic E-state index is 13.6. The summed E-state index contributed by atoms with van der Waals surface area (Å²) in [6, 6.07) is 7.93. The molecule has 0 atom stereocenters. The SMILES string of the molecule is NC(=S)c1cc(F)ccc1Nc1cc(Cl)ccc1F. The second kappa shape index (κ2) is 5.50. The summed E-state index contributed by atoms with van der Waals surface area (Å²) in [5.41, 5.74) is 6.39. The third kappa shape index (κ3) is 3.19. The molecule has 19 heavy (non-hydrogen) atoms. The molecule has 0 aliphatic rings. The fraction of sp³-hybridized carbons (Fsp3) is 0. The van der Waals surface area contributed by atoms with Gasteiger partial charge in [0.05, 0.1) is 5.69 Å². The van der Waals surface area contributed by atoms with Crippen LogP contribution in [0.5, 0.6) is 0 Å². The van der Waals surface area contributed by atoms with Crippen molar-refractivity contribution >= 4 is 40.2 Å². The van der Waals surface area contributed by atoms with E-state index in [1.165, 1.54) is 36.4 Å². The zero-order valence-corrected chi connectivity index (χ0v) is 11.2. The molecule has 2 nitrogen and oxygen atoms in total. The summed E-state index contributed by atoms with van der Waals surface area (Å²) >= 11 is 10.6.